The number of hydrogen-bond acceptors (Lipinski definition) is 6. The zero-order chi connectivity index (χ0) is 21.3. The Labute approximate surface area is 177 Å². The number of amides is 2. The fourth-order valence-corrected chi connectivity index (χ4v) is 3.59. The van der Waals surface area contributed by atoms with Gasteiger partial charge in [-0.3, -0.25) is 14.6 Å². The molecule has 8 nitrogen and oxygen atoms in total. The van der Waals surface area contributed by atoms with E-state index in [1.807, 2.05) is 17.0 Å². The SMILES string of the molecule is COCCN(CCC(=O)N1CCN(c2ccccc2C)CC1)C(=O)c1cnccn1. The Morgan fingerprint density at radius 2 is 1.87 bits per heavy atom. The van der Waals surface area contributed by atoms with Crippen molar-refractivity contribution in [2.45, 2.75) is 13.3 Å². The molecule has 0 spiro atoms. The molecule has 30 heavy (non-hydrogen) atoms. The van der Waals surface area contributed by atoms with Gasteiger partial charge in [-0.25, -0.2) is 4.98 Å². The highest BCUT2D eigenvalue weighted by molar-refractivity contribution is 5.92. The van der Waals surface area contributed by atoms with Crippen molar-refractivity contribution in [1.29, 1.82) is 0 Å². The molecule has 1 saturated heterocycles. The quantitative estimate of drug-likeness (QED) is 0.657. The average molecular weight is 412 g/mol. The number of anilines is 1. The average Bonchev–Trinajstić information content (AvgIpc) is 2.79. The van der Waals surface area contributed by atoms with Crippen molar-refractivity contribution in [3.05, 3.63) is 54.1 Å². The highest BCUT2D eigenvalue weighted by atomic mass is 16.5. The standard InChI is InChI=1S/C22H29N5O3/c1-18-5-3-4-6-20(18)25-11-13-26(14-12-25)21(28)7-10-27(15-16-30-2)22(29)19-17-23-8-9-24-19/h3-6,8-9,17H,7,10-16H2,1-2H3. The van der Waals surface area contributed by atoms with Crippen LogP contribution in [0.4, 0.5) is 5.69 Å². The third-order valence-corrected chi connectivity index (χ3v) is 5.32. The van der Waals surface area contributed by atoms with Crippen molar-refractivity contribution in [3.63, 3.8) is 0 Å². The number of aromatic nitrogens is 2. The van der Waals surface area contributed by atoms with Gasteiger partial charge < -0.3 is 19.4 Å². The van der Waals surface area contributed by atoms with Crippen LogP contribution in [0.25, 0.3) is 0 Å². The maximum atomic E-state index is 12.8. The largest absolute Gasteiger partial charge is 0.383 e. The van der Waals surface area contributed by atoms with E-state index in [2.05, 4.69) is 33.9 Å². The van der Waals surface area contributed by atoms with Crippen LogP contribution in [0.2, 0.25) is 0 Å². The monoisotopic (exact) mass is 411 g/mol. The van der Waals surface area contributed by atoms with Gasteiger partial charge in [0.15, 0.2) is 0 Å². The van der Waals surface area contributed by atoms with Crippen molar-refractivity contribution >= 4 is 17.5 Å². The third kappa shape index (κ3) is 5.54. The number of benzene rings is 1. The van der Waals surface area contributed by atoms with Gasteiger partial charge in [0, 0.05) is 70.9 Å². The maximum Gasteiger partial charge on any atom is 0.274 e. The van der Waals surface area contributed by atoms with E-state index in [0.29, 0.717) is 32.8 Å². The number of ether oxygens (including phenoxy) is 1. The van der Waals surface area contributed by atoms with Crippen LogP contribution in [-0.2, 0) is 9.53 Å². The van der Waals surface area contributed by atoms with Gasteiger partial charge in [0.05, 0.1) is 12.8 Å². The number of aryl methyl sites for hydroxylation is 1. The molecule has 1 aliphatic heterocycles. The minimum Gasteiger partial charge on any atom is -0.383 e. The molecule has 2 amide bonds. The highest BCUT2D eigenvalue weighted by Gasteiger charge is 2.24. The van der Waals surface area contributed by atoms with Crippen LogP contribution in [0.5, 0.6) is 0 Å². The molecular weight excluding hydrogens is 382 g/mol. The maximum absolute atomic E-state index is 12.8. The predicted molar refractivity (Wildman–Crippen MR) is 114 cm³/mol. The molecule has 0 N–H and O–H groups in total. The molecule has 0 radical (unpaired) electrons. The molecule has 1 aromatic heterocycles. The van der Waals surface area contributed by atoms with Crippen molar-refractivity contribution in [2.75, 3.05) is 57.9 Å². The fraction of sp³-hybridized carbons (Fsp3) is 0.455. The van der Waals surface area contributed by atoms with Crippen molar-refractivity contribution in [1.82, 2.24) is 19.8 Å². The van der Waals surface area contributed by atoms with E-state index < -0.39 is 0 Å². The van der Waals surface area contributed by atoms with Crippen LogP contribution in [-0.4, -0.2) is 84.6 Å². The van der Waals surface area contributed by atoms with E-state index in [4.69, 9.17) is 4.74 Å². The zero-order valence-electron chi connectivity index (χ0n) is 17.7. The molecule has 3 rings (SSSR count). The summed E-state index contributed by atoms with van der Waals surface area (Å²) in [6.45, 7) is 6.22. The Bertz CT molecular complexity index is 838. The number of carbonyl (C=O) groups excluding carboxylic acids is 2. The first-order valence-electron chi connectivity index (χ1n) is 10.2. The molecule has 8 heteroatoms. The highest BCUT2D eigenvalue weighted by Crippen LogP contribution is 2.21. The zero-order valence-corrected chi connectivity index (χ0v) is 17.7. The Morgan fingerprint density at radius 3 is 2.53 bits per heavy atom. The molecule has 2 heterocycles. The Hall–Kier alpha value is -3.00. The van der Waals surface area contributed by atoms with Gasteiger partial charge in [0.25, 0.3) is 5.91 Å². The van der Waals surface area contributed by atoms with Crippen molar-refractivity contribution < 1.29 is 14.3 Å². The second kappa shape index (κ2) is 10.7. The molecule has 1 aromatic carbocycles. The number of rotatable bonds is 8. The second-order valence-electron chi connectivity index (χ2n) is 7.28. The summed E-state index contributed by atoms with van der Waals surface area (Å²) < 4.78 is 5.11. The lowest BCUT2D eigenvalue weighted by atomic mass is 10.1. The molecule has 0 saturated carbocycles. The van der Waals surface area contributed by atoms with Crippen LogP contribution < -0.4 is 4.90 Å². The van der Waals surface area contributed by atoms with Crippen LogP contribution in [0, 0.1) is 6.92 Å². The number of nitrogens with zero attached hydrogens (tertiary/aromatic N) is 5. The molecule has 0 bridgehead atoms. The Morgan fingerprint density at radius 1 is 1.10 bits per heavy atom. The van der Waals surface area contributed by atoms with E-state index in [9.17, 15) is 9.59 Å². The Kier molecular flexibility index (Phi) is 7.73. The molecule has 1 fully saturated rings. The van der Waals surface area contributed by atoms with Gasteiger partial charge >= 0.3 is 0 Å². The summed E-state index contributed by atoms with van der Waals surface area (Å²) in [4.78, 5) is 39.3. The lowest BCUT2D eigenvalue weighted by molar-refractivity contribution is -0.131. The first-order valence-corrected chi connectivity index (χ1v) is 10.2. The fourth-order valence-electron chi connectivity index (χ4n) is 3.59. The number of carbonyl (C=O) groups is 2. The summed E-state index contributed by atoms with van der Waals surface area (Å²) in [6.07, 6.45) is 4.73. The minimum absolute atomic E-state index is 0.0637. The summed E-state index contributed by atoms with van der Waals surface area (Å²) in [7, 11) is 1.59. The van der Waals surface area contributed by atoms with E-state index in [1.165, 1.54) is 29.8 Å². The third-order valence-electron chi connectivity index (χ3n) is 5.32. The van der Waals surface area contributed by atoms with E-state index >= 15 is 0 Å². The molecule has 0 atom stereocenters. The van der Waals surface area contributed by atoms with Crippen LogP contribution >= 0.6 is 0 Å². The van der Waals surface area contributed by atoms with Crippen molar-refractivity contribution in [3.8, 4) is 0 Å². The second-order valence-corrected chi connectivity index (χ2v) is 7.28. The summed E-state index contributed by atoms with van der Waals surface area (Å²) in [5, 5.41) is 0. The Balaban J connectivity index is 1.53. The van der Waals surface area contributed by atoms with Crippen LogP contribution in [0.1, 0.15) is 22.5 Å². The topological polar surface area (TPSA) is 78.9 Å². The summed E-state index contributed by atoms with van der Waals surface area (Å²) >= 11 is 0. The first kappa shape index (κ1) is 21.7. The normalized spacial score (nSPS) is 13.9. The van der Waals surface area contributed by atoms with E-state index in [-0.39, 0.29) is 23.9 Å². The van der Waals surface area contributed by atoms with Crippen molar-refractivity contribution in [2.24, 2.45) is 0 Å². The number of piperazine rings is 1. The number of methoxy groups -OCH3 is 1. The number of para-hydroxylation sites is 1. The summed E-state index contributed by atoms with van der Waals surface area (Å²) in [6, 6.07) is 8.31. The van der Waals surface area contributed by atoms with E-state index in [0.717, 1.165) is 13.1 Å². The van der Waals surface area contributed by atoms with Gasteiger partial charge in [0.2, 0.25) is 5.91 Å². The lowest BCUT2D eigenvalue weighted by Gasteiger charge is -2.37. The van der Waals surface area contributed by atoms with Gasteiger partial charge in [-0.1, -0.05) is 18.2 Å². The molecular formula is C22H29N5O3. The summed E-state index contributed by atoms with van der Waals surface area (Å²) in [5.74, 6) is -0.175. The van der Waals surface area contributed by atoms with Crippen LogP contribution in [0.15, 0.2) is 42.9 Å². The smallest absolute Gasteiger partial charge is 0.274 e. The first-order chi connectivity index (χ1) is 14.6. The van der Waals surface area contributed by atoms with Crippen LogP contribution in [0.3, 0.4) is 0 Å². The van der Waals surface area contributed by atoms with Gasteiger partial charge in [-0.15, -0.1) is 0 Å². The lowest BCUT2D eigenvalue weighted by Crippen LogP contribution is -2.49. The van der Waals surface area contributed by atoms with Gasteiger partial charge in [-0.2, -0.15) is 0 Å². The van der Waals surface area contributed by atoms with E-state index in [1.54, 1.807) is 12.0 Å². The number of hydrogen-bond donors (Lipinski definition) is 0. The van der Waals surface area contributed by atoms with Gasteiger partial charge in [-0.05, 0) is 18.6 Å². The molecule has 160 valence electrons. The summed E-state index contributed by atoms with van der Waals surface area (Å²) in [5.41, 5.74) is 2.74. The molecule has 1 aliphatic rings. The molecule has 0 unspecified atom stereocenters. The molecule has 0 aliphatic carbocycles. The predicted octanol–water partition coefficient (Wildman–Crippen LogP) is 1.61. The minimum atomic E-state index is -0.239. The molecule has 2 aromatic rings. The van der Waals surface area contributed by atoms with Gasteiger partial charge in [0.1, 0.15) is 5.69 Å².